The monoisotopic (exact) mass is 237 g/mol. The lowest BCUT2D eigenvalue weighted by Crippen LogP contribution is -2.20. The number of hydrogen-bond acceptors (Lipinski definition) is 6. The maximum atomic E-state index is 5.62. The van der Waals surface area contributed by atoms with E-state index in [2.05, 4.69) is 27.2 Å². The van der Waals surface area contributed by atoms with E-state index in [9.17, 15) is 0 Å². The zero-order valence-electron chi connectivity index (χ0n) is 10.5. The third-order valence-electron chi connectivity index (χ3n) is 2.66. The van der Waals surface area contributed by atoms with Crippen LogP contribution in [-0.4, -0.2) is 27.1 Å². The molecule has 2 rings (SSSR count). The molecule has 1 saturated carbocycles. The summed E-state index contributed by atoms with van der Waals surface area (Å²) in [5, 5.41) is 3.24. The summed E-state index contributed by atoms with van der Waals surface area (Å²) in [6.45, 7) is 5.96. The van der Waals surface area contributed by atoms with Gasteiger partial charge in [-0.1, -0.05) is 0 Å². The van der Waals surface area contributed by atoms with E-state index in [0.717, 1.165) is 5.92 Å². The molecule has 0 amide bonds. The number of aromatic nitrogens is 3. The van der Waals surface area contributed by atoms with Gasteiger partial charge in [-0.15, -0.1) is 0 Å². The van der Waals surface area contributed by atoms with Crippen LogP contribution >= 0.6 is 0 Å². The molecule has 1 aromatic rings. The number of ether oxygens (including phenoxy) is 1. The van der Waals surface area contributed by atoms with Gasteiger partial charge in [-0.3, -0.25) is 0 Å². The molecular weight excluding hydrogens is 218 g/mol. The van der Waals surface area contributed by atoms with Crippen LogP contribution in [0.4, 0.5) is 11.9 Å². The number of nitrogens with two attached hydrogens (primary N) is 1. The molecule has 0 aliphatic heterocycles. The van der Waals surface area contributed by atoms with E-state index in [1.165, 1.54) is 12.8 Å². The molecule has 1 fully saturated rings. The van der Waals surface area contributed by atoms with Gasteiger partial charge in [-0.2, -0.15) is 15.0 Å². The number of nitrogens with one attached hydrogen (secondary N) is 1. The Morgan fingerprint density at radius 3 is 2.53 bits per heavy atom. The highest BCUT2D eigenvalue weighted by molar-refractivity contribution is 5.33. The van der Waals surface area contributed by atoms with E-state index in [-0.39, 0.29) is 18.1 Å². The molecule has 1 atom stereocenters. The molecule has 0 spiro atoms. The van der Waals surface area contributed by atoms with Crippen LogP contribution < -0.4 is 15.8 Å². The predicted molar refractivity (Wildman–Crippen MR) is 65.8 cm³/mol. The molecule has 1 heterocycles. The van der Waals surface area contributed by atoms with E-state index < -0.39 is 0 Å². The number of rotatable bonds is 5. The van der Waals surface area contributed by atoms with Gasteiger partial charge < -0.3 is 15.8 Å². The van der Waals surface area contributed by atoms with Gasteiger partial charge in [0.15, 0.2) is 0 Å². The van der Waals surface area contributed by atoms with E-state index in [0.29, 0.717) is 12.0 Å². The fourth-order valence-corrected chi connectivity index (χ4v) is 1.62. The summed E-state index contributed by atoms with van der Waals surface area (Å²) in [7, 11) is 0. The quantitative estimate of drug-likeness (QED) is 0.806. The van der Waals surface area contributed by atoms with Crippen LogP contribution in [0.1, 0.15) is 33.6 Å². The van der Waals surface area contributed by atoms with Crippen LogP contribution in [0.15, 0.2) is 0 Å². The van der Waals surface area contributed by atoms with Crippen LogP contribution in [0, 0.1) is 5.92 Å². The largest absolute Gasteiger partial charge is 0.461 e. The normalized spacial score (nSPS) is 16.9. The first-order valence-corrected chi connectivity index (χ1v) is 5.99. The minimum absolute atomic E-state index is 0.0190. The fraction of sp³-hybridized carbons (Fsp3) is 0.727. The highest BCUT2D eigenvalue weighted by Gasteiger charge is 2.28. The molecule has 1 unspecified atom stereocenters. The van der Waals surface area contributed by atoms with Crippen molar-refractivity contribution in [3.63, 3.8) is 0 Å². The summed E-state index contributed by atoms with van der Waals surface area (Å²) in [5.41, 5.74) is 5.62. The SMILES string of the molecule is CC(C)Oc1nc(N)nc(NC(C)C2CC2)n1. The average molecular weight is 237 g/mol. The van der Waals surface area contributed by atoms with Crippen molar-refractivity contribution in [1.82, 2.24) is 15.0 Å². The molecular formula is C11H19N5O. The molecule has 6 nitrogen and oxygen atoms in total. The van der Waals surface area contributed by atoms with Gasteiger partial charge in [0.25, 0.3) is 0 Å². The van der Waals surface area contributed by atoms with Gasteiger partial charge in [0.1, 0.15) is 0 Å². The van der Waals surface area contributed by atoms with Gasteiger partial charge in [0.2, 0.25) is 11.9 Å². The first kappa shape index (κ1) is 11.9. The first-order valence-electron chi connectivity index (χ1n) is 5.99. The molecule has 94 valence electrons. The Bertz CT molecular complexity index is 391. The van der Waals surface area contributed by atoms with Gasteiger partial charge in [-0.25, -0.2) is 0 Å². The number of anilines is 2. The van der Waals surface area contributed by atoms with Crippen LogP contribution in [0.25, 0.3) is 0 Å². The Hall–Kier alpha value is -1.59. The molecule has 1 aliphatic rings. The zero-order chi connectivity index (χ0) is 12.4. The topological polar surface area (TPSA) is 86.0 Å². The van der Waals surface area contributed by atoms with E-state index in [4.69, 9.17) is 10.5 Å². The van der Waals surface area contributed by atoms with Crippen molar-refractivity contribution >= 4 is 11.9 Å². The maximum Gasteiger partial charge on any atom is 0.323 e. The Labute approximate surface area is 101 Å². The first-order chi connectivity index (χ1) is 8.04. The van der Waals surface area contributed by atoms with E-state index >= 15 is 0 Å². The summed E-state index contributed by atoms with van der Waals surface area (Å²) in [4.78, 5) is 12.2. The van der Waals surface area contributed by atoms with Crippen LogP contribution in [0.5, 0.6) is 6.01 Å². The fourth-order valence-electron chi connectivity index (χ4n) is 1.62. The Balaban J connectivity index is 2.07. The van der Waals surface area contributed by atoms with Crippen molar-refractivity contribution in [2.75, 3.05) is 11.1 Å². The lowest BCUT2D eigenvalue weighted by atomic mass is 10.2. The molecule has 3 N–H and O–H groups in total. The average Bonchev–Trinajstić information content (AvgIpc) is 2.97. The van der Waals surface area contributed by atoms with Crippen LogP contribution in [-0.2, 0) is 0 Å². The molecule has 17 heavy (non-hydrogen) atoms. The predicted octanol–water partition coefficient (Wildman–Crippen LogP) is 1.45. The second kappa shape index (κ2) is 4.73. The molecule has 1 aromatic heterocycles. The Morgan fingerprint density at radius 2 is 1.94 bits per heavy atom. The lowest BCUT2D eigenvalue weighted by Gasteiger charge is -2.14. The van der Waals surface area contributed by atoms with Crippen molar-refractivity contribution in [3.05, 3.63) is 0 Å². The van der Waals surface area contributed by atoms with Crippen LogP contribution in [0.2, 0.25) is 0 Å². The minimum Gasteiger partial charge on any atom is -0.461 e. The maximum absolute atomic E-state index is 5.62. The Kier molecular flexibility index (Phi) is 3.31. The van der Waals surface area contributed by atoms with Crippen molar-refractivity contribution < 1.29 is 4.74 Å². The van der Waals surface area contributed by atoms with E-state index in [1.54, 1.807) is 0 Å². The second-order valence-electron chi connectivity index (χ2n) is 4.74. The molecule has 0 saturated heterocycles. The summed E-state index contributed by atoms with van der Waals surface area (Å²) in [6, 6.07) is 0.640. The summed E-state index contributed by atoms with van der Waals surface area (Å²) >= 11 is 0. The minimum atomic E-state index is 0.0190. The molecule has 0 aromatic carbocycles. The summed E-state index contributed by atoms with van der Waals surface area (Å²) in [5.74, 6) is 1.40. The third-order valence-corrected chi connectivity index (χ3v) is 2.66. The Morgan fingerprint density at radius 1 is 1.24 bits per heavy atom. The number of nitrogen functional groups attached to an aromatic ring is 1. The standard InChI is InChI=1S/C11H19N5O/c1-6(2)17-11-15-9(12)14-10(16-11)13-7(3)8-4-5-8/h6-8H,4-5H2,1-3H3,(H3,12,13,14,15,16). The van der Waals surface area contributed by atoms with Crippen molar-refractivity contribution in [1.29, 1.82) is 0 Å². The van der Waals surface area contributed by atoms with Crippen molar-refractivity contribution in [2.24, 2.45) is 5.92 Å². The van der Waals surface area contributed by atoms with Crippen molar-refractivity contribution in [2.45, 2.75) is 45.8 Å². The van der Waals surface area contributed by atoms with E-state index in [1.807, 2.05) is 13.8 Å². The molecule has 6 heteroatoms. The van der Waals surface area contributed by atoms with Gasteiger partial charge in [-0.05, 0) is 39.5 Å². The zero-order valence-corrected chi connectivity index (χ0v) is 10.5. The molecule has 0 radical (unpaired) electrons. The molecule has 1 aliphatic carbocycles. The highest BCUT2D eigenvalue weighted by atomic mass is 16.5. The number of hydrogen-bond donors (Lipinski definition) is 2. The van der Waals surface area contributed by atoms with Crippen molar-refractivity contribution in [3.8, 4) is 6.01 Å². The second-order valence-corrected chi connectivity index (χ2v) is 4.74. The highest BCUT2D eigenvalue weighted by Crippen LogP contribution is 2.33. The lowest BCUT2D eigenvalue weighted by molar-refractivity contribution is 0.222. The van der Waals surface area contributed by atoms with Gasteiger partial charge in [0, 0.05) is 6.04 Å². The van der Waals surface area contributed by atoms with Gasteiger partial charge >= 0.3 is 6.01 Å². The summed E-state index contributed by atoms with van der Waals surface area (Å²) < 4.78 is 5.41. The smallest absolute Gasteiger partial charge is 0.323 e. The molecule has 0 bridgehead atoms. The van der Waals surface area contributed by atoms with Crippen LogP contribution in [0.3, 0.4) is 0 Å². The summed E-state index contributed by atoms with van der Waals surface area (Å²) in [6.07, 6.45) is 2.55. The number of nitrogens with zero attached hydrogens (tertiary/aromatic N) is 3. The van der Waals surface area contributed by atoms with Gasteiger partial charge in [0.05, 0.1) is 6.10 Å². The third kappa shape index (κ3) is 3.44.